The molecule has 0 aliphatic heterocycles. The number of aliphatic hydroxyl groups excluding tert-OH is 1. The third-order valence-corrected chi connectivity index (χ3v) is 4.27. The minimum absolute atomic E-state index is 0.00410. The minimum atomic E-state index is -0.199. The first-order valence-corrected chi connectivity index (χ1v) is 8.41. The first-order chi connectivity index (χ1) is 9.72. The van der Waals surface area contributed by atoms with E-state index in [9.17, 15) is 4.79 Å². The maximum Gasteiger partial charge on any atom is 0.319 e. The second-order valence-electron chi connectivity index (χ2n) is 5.10. The van der Waals surface area contributed by atoms with Crippen LogP contribution < -0.4 is 10.6 Å². The zero-order valence-corrected chi connectivity index (χ0v) is 12.6. The van der Waals surface area contributed by atoms with E-state index in [1.165, 1.54) is 17.5 Å². The molecule has 110 valence electrons. The zero-order chi connectivity index (χ0) is 14.4. The van der Waals surface area contributed by atoms with E-state index in [1.807, 2.05) is 12.3 Å². The highest BCUT2D eigenvalue weighted by atomic mass is 32.2. The van der Waals surface area contributed by atoms with E-state index in [2.05, 4.69) is 22.8 Å². The molecule has 1 aliphatic rings. The van der Waals surface area contributed by atoms with Gasteiger partial charge in [-0.2, -0.15) is 11.8 Å². The number of rotatable bonds is 6. The van der Waals surface area contributed by atoms with Gasteiger partial charge in [0.15, 0.2) is 0 Å². The molecule has 0 saturated carbocycles. The van der Waals surface area contributed by atoms with Gasteiger partial charge in [0.05, 0.1) is 0 Å². The van der Waals surface area contributed by atoms with Gasteiger partial charge in [-0.3, -0.25) is 0 Å². The highest BCUT2D eigenvalue weighted by Gasteiger charge is 2.14. The van der Waals surface area contributed by atoms with E-state index >= 15 is 0 Å². The molecule has 0 bridgehead atoms. The van der Waals surface area contributed by atoms with Gasteiger partial charge in [0, 0.05) is 24.1 Å². The van der Waals surface area contributed by atoms with Crippen LogP contribution in [0.1, 0.15) is 24.0 Å². The molecule has 1 atom stereocenters. The topological polar surface area (TPSA) is 61.4 Å². The fourth-order valence-corrected chi connectivity index (χ4v) is 3.21. The molecule has 0 heterocycles. The molecule has 0 aromatic heterocycles. The molecule has 5 heteroatoms. The van der Waals surface area contributed by atoms with Crippen molar-refractivity contribution in [2.45, 2.75) is 31.7 Å². The summed E-state index contributed by atoms with van der Waals surface area (Å²) in [6.07, 6.45) is 6.03. The van der Waals surface area contributed by atoms with Crippen LogP contribution in [0.15, 0.2) is 18.2 Å². The van der Waals surface area contributed by atoms with E-state index in [4.69, 9.17) is 5.11 Å². The molecule has 0 saturated heterocycles. The molecule has 0 unspecified atom stereocenters. The number of aliphatic hydroxyl groups is 1. The van der Waals surface area contributed by atoms with Gasteiger partial charge in [-0.05, 0) is 55.2 Å². The molecule has 20 heavy (non-hydrogen) atoms. The van der Waals surface area contributed by atoms with Crippen LogP contribution >= 0.6 is 11.8 Å². The molecule has 4 nitrogen and oxygen atoms in total. The highest BCUT2D eigenvalue weighted by Crippen LogP contribution is 2.24. The molecular weight excluding hydrogens is 272 g/mol. The second kappa shape index (κ2) is 7.55. The molecule has 1 aromatic carbocycles. The fraction of sp³-hybridized carbons (Fsp3) is 0.533. The number of urea groups is 1. The Balaban J connectivity index is 1.90. The van der Waals surface area contributed by atoms with Crippen LogP contribution in [-0.4, -0.2) is 35.8 Å². The summed E-state index contributed by atoms with van der Waals surface area (Å²) in [5.41, 5.74) is 3.59. The first-order valence-electron chi connectivity index (χ1n) is 7.02. The van der Waals surface area contributed by atoms with Crippen LogP contribution in [0, 0.1) is 0 Å². The number of fused-ring (bicyclic) bond motifs is 1. The summed E-state index contributed by atoms with van der Waals surface area (Å²) in [4.78, 5) is 12.0. The van der Waals surface area contributed by atoms with Crippen molar-refractivity contribution in [2.24, 2.45) is 0 Å². The number of anilines is 1. The van der Waals surface area contributed by atoms with Crippen LogP contribution in [0.4, 0.5) is 10.5 Å². The number of hydrogen-bond acceptors (Lipinski definition) is 3. The first kappa shape index (κ1) is 15.2. The lowest BCUT2D eigenvalue weighted by molar-refractivity contribution is 0.241. The van der Waals surface area contributed by atoms with Crippen molar-refractivity contribution in [3.63, 3.8) is 0 Å². The number of thioether (sulfide) groups is 1. The van der Waals surface area contributed by atoms with Crippen molar-refractivity contribution in [1.29, 1.82) is 0 Å². The number of carbonyl (C=O) groups excluding carboxylic acids is 1. The maximum atomic E-state index is 12.0. The van der Waals surface area contributed by atoms with Gasteiger partial charge in [-0.1, -0.05) is 6.07 Å². The van der Waals surface area contributed by atoms with Crippen molar-refractivity contribution < 1.29 is 9.90 Å². The Morgan fingerprint density at radius 3 is 2.95 bits per heavy atom. The van der Waals surface area contributed by atoms with Crippen LogP contribution in [0.3, 0.4) is 0 Å². The van der Waals surface area contributed by atoms with Crippen molar-refractivity contribution in [2.75, 3.05) is 23.9 Å². The van der Waals surface area contributed by atoms with Crippen LogP contribution in [0.5, 0.6) is 0 Å². The van der Waals surface area contributed by atoms with Crippen LogP contribution in [0.2, 0.25) is 0 Å². The Morgan fingerprint density at radius 2 is 2.20 bits per heavy atom. The second-order valence-corrected chi connectivity index (χ2v) is 6.01. The van der Waals surface area contributed by atoms with Gasteiger partial charge in [-0.25, -0.2) is 4.79 Å². The largest absolute Gasteiger partial charge is 0.396 e. The van der Waals surface area contributed by atoms with E-state index in [0.717, 1.165) is 24.3 Å². The van der Waals surface area contributed by atoms with Crippen molar-refractivity contribution in [3.8, 4) is 0 Å². The van der Waals surface area contributed by atoms with Gasteiger partial charge >= 0.3 is 6.03 Å². The number of carbonyl (C=O) groups is 1. The predicted octanol–water partition coefficient (Wildman–Crippen LogP) is 2.41. The number of benzene rings is 1. The molecule has 0 spiro atoms. The molecule has 1 aromatic rings. The summed E-state index contributed by atoms with van der Waals surface area (Å²) in [6, 6.07) is 5.93. The van der Waals surface area contributed by atoms with E-state index in [0.29, 0.717) is 6.42 Å². The number of hydrogen-bond donors (Lipinski definition) is 3. The Kier molecular flexibility index (Phi) is 5.73. The highest BCUT2D eigenvalue weighted by molar-refractivity contribution is 7.98. The third-order valence-electron chi connectivity index (χ3n) is 3.54. The van der Waals surface area contributed by atoms with Crippen LogP contribution in [-0.2, 0) is 12.8 Å². The SMILES string of the molecule is CSC[C@H](CCO)NC(=O)Nc1ccc2c(c1)CCC2. The average Bonchev–Trinajstić information content (AvgIpc) is 2.86. The molecular formula is C15H22N2O2S. The van der Waals surface area contributed by atoms with Gasteiger partial charge in [-0.15, -0.1) is 0 Å². The van der Waals surface area contributed by atoms with Crippen molar-refractivity contribution >= 4 is 23.5 Å². The Hall–Kier alpha value is -1.20. The predicted molar refractivity (Wildman–Crippen MR) is 84.5 cm³/mol. The average molecular weight is 294 g/mol. The Bertz CT molecular complexity index is 459. The van der Waals surface area contributed by atoms with Crippen LogP contribution in [0.25, 0.3) is 0 Å². The zero-order valence-electron chi connectivity index (χ0n) is 11.8. The normalized spacial score (nSPS) is 14.7. The van der Waals surface area contributed by atoms with Gasteiger partial charge < -0.3 is 15.7 Å². The lowest BCUT2D eigenvalue weighted by Crippen LogP contribution is -2.40. The third kappa shape index (κ3) is 4.15. The summed E-state index contributed by atoms with van der Waals surface area (Å²) in [7, 11) is 0. The summed E-state index contributed by atoms with van der Waals surface area (Å²) < 4.78 is 0. The minimum Gasteiger partial charge on any atom is -0.396 e. The monoisotopic (exact) mass is 294 g/mol. The van der Waals surface area contributed by atoms with E-state index in [1.54, 1.807) is 11.8 Å². The molecule has 2 rings (SSSR count). The number of nitrogens with one attached hydrogen (secondary N) is 2. The van der Waals surface area contributed by atoms with E-state index in [-0.39, 0.29) is 18.7 Å². The van der Waals surface area contributed by atoms with Crippen molar-refractivity contribution in [1.82, 2.24) is 5.32 Å². The van der Waals surface area contributed by atoms with Crippen molar-refractivity contribution in [3.05, 3.63) is 29.3 Å². The maximum absolute atomic E-state index is 12.0. The fourth-order valence-electron chi connectivity index (χ4n) is 2.56. The van der Waals surface area contributed by atoms with Gasteiger partial charge in [0.2, 0.25) is 0 Å². The van der Waals surface area contributed by atoms with Gasteiger partial charge in [0.1, 0.15) is 0 Å². The summed E-state index contributed by atoms with van der Waals surface area (Å²) in [6.45, 7) is 0.0877. The quantitative estimate of drug-likeness (QED) is 0.755. The molecule has 1 aliphatic carbocycles. The smallest absolute Gasteiger partial charge is 0.319 e. The Labute approximate surface area is 124 Å². The summed E-state index contributed by atoms with van der Waals surface area (Å²) in [5, 5.41) is 14.8. The summed E-state index contributed by atoms with van der Waals surface area (Å²) >= 11 is 1.66. The molecule has 2 amide bonds. The summed E-state index contributed by atoms with van der Waals surface area (Å²) in [5.74, 6) is 0.804. The lowest BCUT2D eigenvalue weighted by Gasteiger charge is -2.17. The number of amides is 2. The standard InChI is InChI=1S/C15H22N2O2S/c1-20-10-14(7-8-18)17-15(19)16-13-6-5-11-3-2-4-12(11)9-13/h5-6,9,14,18H,2-4,7-8,10H2,1H3,(H2,16,17,19)/t14-/m0/s1. The van der Waals surface area contributed by atoms with E-state index < -0.39 is 0 Å². The Morgan fingerprint density at radius 1 is 1.40 bits per heavy atom. The van der Waals surface area contributed by atoms with Gasteiger partial charge in [0.25, 0.3) is 0 Å². The number of aryl methyl sites for hydroxylation is 2. The molecule has 0 fully saturated rings. The lowest BCUT2D eigenvalue weighted by atomic mass is 10.1. The molecule has 3 N–H and O–H groups in total. The molecule has 0 radical (unpaired) electrons.